The first-order chi connectivity index (χ1) is 12.7. The molecule has 2 nitrogen and oxygen atoms in total. The second-order valence-corrected chi connectivity index (χ2v) is 8.35. The van der Waals surface area contributed by atoms with Crippen molar-refractivity contribution in [3.63, 3.8) is 0 Å². The summed E-state index contributed by atoms with van der Waals surface area (Å²) in [4.78, 5) is 1.78. The van der Waals surface area contributed by atoms with Gasteiger partial charge in [0.2, 0.25) is 0 Å². The third-order valence-electron chi connectivity index (χ3n) is 6.67. The van der Waals surface area contributed by atoms with Crippen LogP contribution in [0.2, 0.25) is 0 Å². The van der Waals surface area contributed by atoms with Crippen molar-refractivity contribution in [2.24, 2.45) is 0 Å². The molecule has 0 fully saturated rings. The minimum atomic E-state index is 0.661. The highest BCUT2D eigenvalue weighted by Gasteiger charge is 2.36. The van der Waals surface area contributed by atoms with Crippen LogP contribution in [0.5, 0.6) is 0 Å². The first-order valence-electron chi connectivity index (χ1n) is 10.2. The number of quaternary nitrogens is 1. The molecule has 1 unspecified atom stereocenters. The molecule has 2 atom stereocenters. The Kier molecular flexibility index (Phi) is 3.90. The molecular formula is C24H29N2+. The maximum Gasteiger partial charge on any atom is 0.129 e. The van der Waals surface area contributed by atoms with Crippen LogP contribution in [0.1, 0.15) is 53.3 Å². The van der Waals surface area contributed by atoms with Crippen LogP contribution in [-0.4, -0.2) is 11.1 Å². The average molecular weight is 346 g/mol. The zero-order valence-corrected chi connectivity index (χ0v) is 16.0. The van der Waals surface area contributed by atoms with E-state index in [1.807, 2.05) is 0 Å². The van der Waals surface area contributed by atoms with E-state index in [0.717, 1.165) is 6.54 Å². The van der Waals surface area contributed by atoms with Gasteiger partial charge < -0.3 is 9.47 Å². The van der Waals surface area contributed by atoms with E-state index in [9.17, 15) is 0 Å². The van der Waals surface area contributed by atoms with Crippen molar-refractivity contribution in [3.8, 4) is 0 Å². The Morgan fingerprint density at radius 3 is 2.85 bits per heavy atom. The number of hydrogen-bond donors (Lipinski definition) is 1. The van der Waals surface area contributed by atoms with Gasteiger partial charge in [0.15, 0.2) is 0 Å². The molecule has 5 rings (SSSR count). The largest absolute Gasteiger partial charge is 0.339 e. The summed E-state index contributed by atoms with van der Waals surface area (Å²) in [7, 11) is 0. The summed E-state index contributed by atoms with van der Waals surface area (Å²) in [6.45, 7) is 8.12. The minimum absolute atomic E-state index is 0.661. The fourth-order valence-corrected chi connectivity index (χ4v) is 5.38. The second-order valence-electron chi connectivity index (χ2n) is 8.35. The fourth-order valence-electron chi connectivity index (χ4n) is 5.38. The van der Waals surface area contributed by atoms with Crippen LogP contribution in [0, 0.1) is 13.8 Å². The zero-order chi connectivity index (χ0) is 17.7. The number of fused-ring (bicyclic) bond motifs is 3. The van der Waals surface area contributed by atoms with Crippen molar-refractivity contribution >= 4 is 10.9 Å². The highest BCUT2D eigenvalue weighted by Crippen LogP contribution is 2.37. The first-order valence-corrected chi connectivity index (χ1v) is 10.2. The van der Waals surface area contributed by atoms with Crippen LogP contribution in [0.4, 0.5) is 0 Å². The molecule has 0 saturated heterocycles. The highest BCUT2D eigenvalue weighted by atomic mass is 15.2. The molecular weight excluding hydrogens is 316 g/mol. The van der Waals surface area contributed by atoms with Crippen LogP contribution < -0.4 is 4.90 Å². The van der Waals surface area contributed by atoms with Crippen LogP contribution in [-0.2, 0) is 19.5 Å². The van der Waals surface area contributed by atoms with Gasteiger partial charge in [-0.25, -0.2) is 0 Å². The predicted octanol–water partition coefficient (Wildman–Crippen LogP) is 4.12. The standard InChI is InChI=1S/C24H28N2/c1-17-11-12-22-21(15-17)20-9-5-10-23-24(20)26(22)14-6-13-25(23)16-19-8-4-3-7-18(19)2/h3-4,7-8,11-12,15,23H,5-6,9-10,13-14,16H2,1-2H3/p+1/t23-/m1/s1. The predicted molar refractivity (Wildman–Crippen MR) is 108 cm³/mol. The topological polar surface area (TPSA) is 9.37 Å². The molecule has 2 aliphatic rings. The number of nitrogens with one attached hydrogen (secondary N) is 1. The van der Waals surface area contributed by atoms with Crippen molar-refractivity contribution < 1.29 is 4.90 Å². The van der Waals surface area contributed by atoms with Crippen molar-refractivity contribution in [1.29, 1.82) is 0 Å². The number of benzene rings is 2. The van der Waals surface area contributed by atoms with Crippen molar-refractivity contribution in [3.05, 3.63) is 70.4 Å². The van der Waals surface area contributed by atoms with Gasteiger partial charge in [-0.15, -0.1) is 0 Å². The lowest BCUT2D eigenvalue weighted by atomic mass is 9.90. The van der Waals surface area contributed by atoms with Crippen molar-refractivity contribution in [1.82, 2.24) is 4.57 Å². The Morgan fingerprint density at radius 1 is 1.08 bits per heavy atom. The molecule has 0 amide bonds. The van der Waals surface area contributed by atoms with Gasteiger partial charge in [0, 0.05) is 35.9 Å². The van der Waals surface area contributed by atoms with E-state index in [-0.39, 0.29) is 0 Å². The number of aryl methyl sites for hydroxylation is 4. The molecule has 0 spiro atoms. The van der Waals surface area contributed by atoms with Gasteiger partial charge in [-0.2, -0.15) is 0 Å². The van der Waals surface area contributed by atoms with Gasteiger partial charge in [0.25, 0.3) is 0 Å². The summed E-state index contributed by atoms with van der Waals surface area (Å²) in [5.41, 5.74) is 9.15. The van der Waals surface area contributed by atoms with Gasteiger partial charge in [-0.3, -0.25) is 0 Å². The molecule has 3 aromatic rings. The van der Waals surface area contributed by atoms with E-state index in [1.165, 1.54) is 66.4 Å². The van der Waals surface area contributed by atoms with Crippen molar-refractivity contribution in [2.45, 2.75) is 58.7 Å². The molecule has 1 aliphatic heterocycles. The van der Waals surface area contributed by atoms with Gasteiger partial charge in [0.1, 0.15) is 12.6 Å². The Bertz CT molecular complexity index is 962. The lowest BCUT2D eigenvalue weighted by Crippen LogP contribution is -3.11. The number of hydrogen-bond acceptors (Lipinski definition) is 0. The van der Waals surface area contributed by atoms with Crippen LogP contribution in [0.3, 0.4) is 0 Å². The second kappa shape index (κ2) is 6.28. The third kappa shape index (κ3) is 2.51. The minimum Gasteiger partial charge on any atom is -0.339 e. The fraction of sp³-hybridized carbons (Fsp3) is 0.417. The molecule has 0 radical (unpaired) electrons. The summed E-state index contributed by atoms with van der Waals surface area (Å²) in [5, 5.41) is 1.53. The van der Waals surface area contributed by atoms with Gasteiger partial charge in [0.05, 0.1) is 12.2 Å². The SMILES string of the molecule is Cc1ccc2c(c1)c1c3n2CCC[NH+](Cc2ccccc2C)[C@@H]3CCC1. The Hall–Kier alpha value is -2.06. The van der Waals surface area contributed by atoms with E-state index >= 15 is 0 Å². The Balaban J connectivity index is 1.61. The lowest BCUT2D eigenvalue weighted by molar-refractivity contribution is -0.945. The van der Waals surface area contributed by atoms with Crippen LogP contribution >= 0.6 is 0 Å². The number of aromatic nitrogens is 1. The summed E-state index contributed by atoms with van der Waals surface area (Å²) in [6, 6.07) is 16.7. The number of nitrogens with zero attached hydrogens (tertiary/aromatic N) is 1. The third-order valence-corrected chi connectivity index (χ3v) is 6.67. The molecule has 1 N–H and O–H groups in total. The highest BCUT2D eigenvalue weighted by molar-refractivity contribution is 5.86. The normalized spacial score (nSPS) is 22.2. The lowest BCUT2D eigenvalue weighted by Gasteiger charge is -2.31. The first kappa shape index (κ1) is 16.1. The Morgan fingerprint density at radius 2 is 1.96 bits per heavy atom. The van der Waals surface area contributed by atoms with Gasteiger partial charge in [-0.05, 0) is 49.9 Å². The molecule has 1 aliphatic carbocycles. The molecule has 2 heterocycles. The summed E-state index contributed by atoms with van der Waals surface area (Å²) in [6.07, 6.45) is 5.21. The van der Waals surface area contributed by atoms with E-state index in [4.69, 9.17) is 0 Å². The summed E-state index contributed by atoms with van der Waals surface area (Å²) in [5.74, 6) is 0. The van der Waals surface area contributed by atoms with E-state index < -0.39 is 0 Å². The average Bonchev–Trinajstić information content (AvgIpc) is 2.83. The van der Waals surface area contributed by atoms with E-state index in [2.05, 4.69) is 60.9 Å². The van der Waals surface area contributed by atoms with E-state index in [0.29, 0.717) is 6.04 Å². The summed E-state index contributed by atoms with van der Waals surface area (Å²) < 4.78 is 2.68. The molecule has 2 heteroatoms. The molecule has 2 aromatic carbocycles. The molecule has 134 valence electrons. The smallest absolute Gasteiger partial charge is 0.129 e. The Labute approximate surface area is 156 Å². The van der Waals surface area contributed by atoms with Gasteiger partial charge >= 0.3 is 0 Å². The summed E-state index contributed by atoms with van der Waals surface area (Å²) >= 11 is 0. The van der Waals surface area contributed by atoms with E-state index in [1.54, 1.807) is 16.2 Å². The molecule has 1 aromatic heterocycles. The molecule has 0 saturated carbocycles. The molecule has 26 heavy (non-hydrogen) atoms. The maximum atomic E-state index is 2.68. The maximum absolute atomic E-state index is 2.68. The van der Waals surface area contributed by atoms with Crippen LogP contribution in [0.15, 0.2) is 42.5 Å². The van der Waals surface area contributed by atoms with Crippen molar-refractivity contribution in [2.75, 3.05) is 6.54 Å². The zero-order valence-electron chi connectivity index (χ0n) is 16.0. The molecule has 0 bridgehead atoms. The quantitative estimate of drug-likeness (QED) is 0.715. The van der Waals surface area contributed by atoms with Gasteiger partial charge in [-0.1, -0.05) is 35.9 Å². The number of rotatable bonds is 2. The van der Waals surface area contributed by atoms with Crippen LogP contribution in [0.25, 0.3) is 10.9 Å². The monoisotopic (exact) mass is 345 g/mol.